The van der Waals surface area contributed by atoms with Crippen LogP contribution in [0.4, 0.5) is 28.4 Å². The topological polar surface area (TPSA) is 6.48 Å². The van der Waals surface area contributed by atoms with Crippen molar-refractivity contribution in [1.29, 1.82) is 0 Å². The first-order valence-corrected chi connectivity index (χ1v) is 26.4. The third kappa shape index (κ3) is 5.45. The zero-order valence-electron chi connectivity index (χ0n) is 41.2. The summed E-state index contributed by atoms with van der Waals surface area (Å²) in [5, 5.41) is 2.60. The van der Waals surface area contributed by atoms with Crippen molar-refractivity contribution in [3.63, 3.8) is 0 Å². The van der Waals surface area contributed by atoms with Crippen LogP contribution in [0.1, 0.15) is 73.6 Å². The maximum Gasteiger partial charge on any atom is 0.333 e. The van der Waals surface area contributed by atoms with Crippen molar-refractivity contribution in [3.8, 4) is 33.4 Å². The molecule has 0 bridgehead atoms. The van der Waals surface area contributed by atoms with Gasteiger partial charge in [0.25, 0.3) is 0 Å². The number of hydrogen-bond donors (Lipinski definition) is 0. The zero-order chi connectivity index (χ0) is 48.3. The average molecular weight is 939 g/mol. The van der Waals surface area contributed by atoms with Gasteiger partial charge in [0, 0.05) is 59.5 Å². The summed E-state index contributed by atoms with van der Waals surface area (Å²) >= 11 is 1.92. The van der Waals surface area contributed by atoms with Gasteiger partial charge in [-0.05, 0) is 120 Å². The minimum Gasteiger partial charge on any atom is -0.376 e. The van der Waals surface area contributed by atoms with Crippen LogP contribution in [0.15, 0.2) is 218 Å². The van der Waals surface area contributed by atoms with Gasteiger partial charge in [0.1, 0.15) is 0 Å². The molecule has 0 N–H and O–H groups in total. The van der Waals surface area contributed by atoms with E-state index in [0.717, 1.165) is 0 Å². The van der Waals surface area contributed by atoms with Crippen LogP contribution in [0.25, 0.3) is 53.6 Å². The third-order valence-corrected chi connectivity index (χ3v) is 17.9. The maximum absolute atomic E-state index is 2.79. The number of rotatable bonds is 4. The Morgan fingerprint density at radius 3 is 1.85 bits per heavy atom. The number of benzene rings is 10. The average Bonchev–Trinajstić information content (AvgIpc) is 3.90. The van der Waals surface area contributed by atoms with Gasteiger partial charge < -0.3 is 9.71 Å². The molecule has 10 aromatic carbocycles. The predicted molar refractivity (Wildman–Crippen MR) is 307 cm³/mol. The Morgan fingerprint density at radius 1 is 0.458 bits per heavy atom. The molecular formula is C68H51BN2S. The Hall–Kier alpha value is -7.92. The molecular weight excluding hydrogens is 888 g/mol. The lowest BCUT2D eigenvalue weighted by Crippen LogP contribution is -2.63. The highest BCUT2D eigenvalue weighted by Gasteiger charge is 2.55. The van der Waals surface area contributed by atoms with Crippen LogP contribution in [0, 0.1) is 0 Å². The number of fused-ring (bicyclic) bond motifs is 13. The SMILES string of the molecule is CC(C)(C)c1ccc(N2c3cc4c(cc3B3c5c2cc2c(c5-c5cccc6c5N3c3ccccc3C6(c3ccccc3)c3ccccc3)C(C)(C)c3ccccc3-2)sc2ccccc24)c(-c2ccccc2)c1. The highest BCUT2D eigenvalue weighted by molar-refractivity contribution is 7.26. The van der Waals surface area contributed by atoms with Crippen molar-refractivity contribution in [2.75, 3.05) is 9.71 Å². The Morgan fingerprint density at radius 2 is 1.10 bits per heavy atom. The minimum atomic E-state index is -0.601. The molecule has 1 aliphatic carbocycles. The second-order valence-electron chi connectivity index (χ2n) is 21.9. The second-order valence-corrected chi connectivity index (χ2v) is 23.0. The Balaban J connectivity index is 1.15. The van der Waals surface area contributed by atoms with Gasteiger partial charge in [0.05, 0.1) is 11.1 Å². The van der Waals surface area contributed by atoms with Crippen molar-refractivity contribution >= 4 is 77.7 Å². The van der Waals surface area contributed by atoms with Crippen molar-refractivity contribution in [1.82, 2.24) is 0 Å². The number of thiophene rings is 1. The van der Waals surface area contributed by atoms with Crippen molar-refractivity contribution in [2.45, 2.75) is 50.9 Å². The first kappa shape index (κ1) is 41.8. The van der Waals surface area contributed by atoms with Gasteiger partial charge in [-0.15, -0.1) is 11.3 Å². The largest absolute Gasteiger partial charge is 0.376 e. The summed E-state index contributed by atoms with van der Waals surface area (Å²) in [5.41, 5.74) is 25.0. The first-order valence-electron chi connectivity index (χ1n) is 25.5. The van der Waals surface area contributed by atoms with Crippen LogP contribution in [0.3, 0.4) is 0 Å². The van der Waals surface area contributed by atoms with E-state index in [9.17, 15) is 0 Å². The van der Waals surface area contributed by atoms with Crippen LogP contribution in [-0.4, -0.2) is 6.85 Å². The summed E-state index contributed by atoms with van der Waals surface area (Å²) in [6.45, 7) is 11.8. The molecule has 0 fully saturated rings. The van der Waals surface area contributed by atoms with Gasteiger partial charge in [-0.25, -0.2) is 0 Å². The summed E-state index contributed by atoms with van der Waals surface area (Å²) in [6.07, 6.45) is 0. The molecule has 1 aromatic heterocycles. The van der Waals surface area contributed by atoms with Gasteiger partial charge in [0.2, 0.25) is 0 Å². The fraction of sp³-hybridized carbons (Fsp3) is 0.118. The minimum absolute atomic E-state index is 0.0471. The molecule has 0 spiro atoms. The van der Waals surface area contributed by atoms with Gasteiger partial charge in [0.15, 0.2) is 0 Å². The van der Waals surface area contributed by atoms with Crippen LogP contribution >= 0.6 is 11.3 Å². The van der Waals surface area contributed by atoms with E-state index < -0.39 is 5.41 Å². The molecule has 4 heteroatoms. The zero-order valence-corrected chi connectivity index (χ0v) is 42.0. The number of para-hydroxylation sites is 2. The van der Waals surface area contributed by atoms with Gasteiger partial charge in [-0.2, -0.15) is 0 Å². The van der Waals surface area contributed by atoms with E-state index in [1.54, 1.807) is 0 Å². The lowest BCUT2D eigenvalue weighted by molar-refractivity contribution is 0.590. The molecule has 4 aliphatic rings. The molecule has 0 amide bonds. The standard InChI is InChI=1S/C68H51BN2S/c1-66(2,3)45-36-37-56(49(38-45)42-22-9-6-10-23-42)70-58-39-50-47-29-16-20-35-60(47)72-61(50)41-55(58)69-64-59(70)40-51-46-28-15-17-31-52(46)67(4,5)63(51)62(64)48-30-21-33-54-65(48)71(69)57-34-19-18-32-53(57)68(54,43-24-11-7-12-25-43)44-26-13-8-14-27-44/h6-41H,1-5H3. The molecule has 0 saturated heterocycles. The highest BCUT2D eigenvalue weighted by atomic mass is 32.1. The molecule has 2 nitrogen and oxygen atoms in total. The maximum atomic E-state index is 2.79. The summed E-state index contributed by atoms with van der Waals surface area (Å²) in [7, 11) is 0. The third-order valence-electron chi connectivity index (χ3n) is 16.8. The summed E-state index contributed by atoms with van der Waals surface area (Å²) in [6, 6.07) is 83.6. The number of hydrogen-bond acceptors (Lipinski definition) is 3. The van der Waals surface area contributed by atoms with Crippen molar-refractivity contribution in [3.05, 3.63) is 257 Å². The number of nitrogens with zero attached hydrogens (tertiary/aromatic N) is 2. The van der Waals surface area contributed by atoms with E-state index in [0.29, 0.717) is 0 Å². The van der Waals surface area contributed by atoms with Crippen molar-refractivity contribution in [2.24, 2.45) is 0 Å². The monoisotopic (exact) mass is 938 g/mol. The van der Waals surface area contributed by atoms with E-state index in [2.05, 4.69) is 263 Å². The molecule has 342 valence electrons. The van der Waals surface area contributed by atoms with E-state index in [1.165, 1.54) is 132 Å². The van der Waals surface area contributed by atoms with E-state index in [1.807, 2.05) is 11.3 Å². The fourth-order valence-corrected chi connectivity index (χ4v) is 14.9. The Bertz CT molecular complexity index is 4030. The lowest BCUT2D eigenvalue weighted by atomic mass is 9.41. The van der Waals surface area contributed by atoms with Gasteiger partial charge in [-0.3, -0.25) is 0 Å². The van der Waals surface area contributed by atoms with Crippen LogP contribution < -0.4 is 20.6 Å². The molecule has 0 saturated carbocycles. The van der Waals surface area contributed by atoms with Crippen molar-refractivity contribution < 1.29 is 0 Å². The molecule has 0 unspecified atom stereocenters. The quantitative estimate of drug-likeness (QED) is 0.162. The molecule has 11 aromatic rings. The molecule has 3 aliphatic heterocycles. The van der Waals surface area contributed by atoms with Crippen LogP contribution in [-0.2, 0) is 16.2 Å². The second kappa shape index (κ2) is 14.8. The Kier molecular flexibility index (Phi) is 8.61. The van der Waals surface area contributed by atoms with Crippen LogP contribution in [0.5, 0.6) is 0 Å². The predicted octanol–water partition coefficient (Wildman–Crippen LogP) is 16.7. The summed E-state index contributed by atoms with van der Waals surface area (Å²) in [5.74, 6) is 0. The fourth-order valence-electron chi connectivity index (χ4n) is 13.7. The summed E-state index contributed by atoms with van der Waals surface area (Å²) < 4.78 is 2.62. The normalized spacial score (nSPS) is 15.2. The smallest absolute Gasteiger partial charge is 0.333 e. The molecule has 72 heavy (non-hydrogen) atoms. The van der Waals surface area contributed by atoms with Crippen LogP contribution in [0.2, 0.25) is 0 Å². The molecule has 0 radical (unpaired) electrons. The van der Waals surface area contributed by atoms with Gasteiger partial charge >= 0.3 is 6.85 Å². The molecule has 15 rings (SSSR count). The van der Waals surface area contributed by atoms with E-state index in [-0.39, 0.29) is 17.7 Å². The van der Waals surface area contributed by atoms with Gasteiger partial charge in [-0.1, -0.05) is 211 Å². The summed E-state index contributed by atoms with van der Waals surface area (Å²) in [4.78, 5) is 5.47. The molecule has 4 heterocycles. The Labute approximate surface area is 426 Å². The highest BCUT2D eigenvalue weighted by Crippen LogP contribution is 2.63. The van der Waals surface area contributed by atoms with E-state index in [4.69, 9.17) is 0 Å². The van der Waals surface area contributed by atoms with E-state index >= 15 is 0 Å². The number of anilines is 5. The lowest BCUT2D eigenvalue weighted by Gasteiger charge is -2.53. The first-order chi connectivity index (χ1) is 35.1. The molecule has 0 atom stereocenters.